The number of nitrogens with two attached hydrogens (primary N) is 1. The molecule has 1 atom stereocenters. The molecule has 1 fully saturated rings. The van der Waals surface area contributed by atoms with Crippen LogP contribution in [0.4, 0.5) is 0 Å². The van der Waals surface area contributed by atoms with Crippen molar-refractivity contribution in [2.75, 3.05) is 13.2 Å². The number of hydrogen-bond donors (Lipinski definition) is 1. The van der Waals surface area contributed by atoms with E-state index in [-0.39, 0.29) is 11.7 Å². The summed E-state index contributed by atoms with van der Waals surface area (Å²) in [7, 11) is 0. The molecular formula is C20H20N2O3S. The van der Waals surface area contributed by atoms with Gasteiger partial charge in [-0.15, -0.1) is 0 Å². The van der Waals surface area contributed by atoms with E-state index in [2.05, 4.69) is 4.99 Å². The normalized spacial score (nSPS) is 18.0. The van der Waals surface area contributed by atoms with Crippen molar-refractivity contribution in [3.63, 3.8) is 0 Å². The third-order valence-electron chi connectivity index (χ3n) is 4.56. The highest BCUT2D eigenvalue weighted by atomic mass is 32.2. The molecule has 26 heavy (non-hydrogen) atoms. The molecule has 1 saturated heterocycles. The van der Waals surface area contributed by atoms with E-state index in [9.17, 15) is 4.79 Å². The molecule has 2 aromatic carbocycles. The third kappa shape index (κ3) is 3.61. The summed E-state index contributed by atoms with van der Waals surface area (Å²) >= 11 is 1.44. The van der Waals surface area contributed by atoms with Crippen LogP contribution < -0.4 is 11.4 Å². The van der Waals surface area contributed by atoms with Gasteiger partial charge in [0, 0.05) is 23.8 Å². The molecular weight excluding hydrogens is 348 g/mol. The molecule has 3 aromatic rings. The Hall–Kier alpha value is -2.31. The Labute approximate surface area is 155 Å². The molecule has 0 saturated carbocycles. The second kappa shape index (κ2) is 7.51. The summed E-state index contributed by atoms with van der Waals surface area (Å²) < 4.78 is 11.0. The van der Waals surface area contributed by atoms with Gasteiger partial charge in [0.05, 0.1) is 12.6 Å². The van der Waals surface area contributed by atoms with Crippen LogP contribution in [0.2, 0.25) is 0 Å². The maximum atomic E-state index is 11.9. The summed E-state index contributed by atoms with van der Waals surface area (Å²) in [5, 5.41) is 3.66. The molecule has 0 radical (unpaired) electrons. The van der Waals surface area contributed by atoms with Gasteiger partial charge in [-0.25, -0.2) is 4.79 Å². The van der Waals surface area contributed by atoms with E-state index in [1.165, 1.54) is 11.8 Å². The molecule has 1 aromatic heterocycles. The van der Waals surface area contributed by atoms with E-state index >= 15 is 0 Å². The zero-order valence-corrected chi connectivity index (χ0v) is 15.1. The van der Waals surface area contributed by atoms with E-state index in [4.69, 9.17) is 14.9 Å². The molecule has 0 unspecified atom stereocenters. The van der Waals surface area contributed by atoms with Gasteiger partial charge < -0.3 is 14.9 Å². The summed E-state index contributed by atoms with van der Waals surface area (Å²) in [5.74, 6) is 0.566. The minimum absolute atomic E-state index is 0.183. The summed E-state index contributed by atoms with van der Waals surface area (Å²) in [6.07, 6.45) is 2.31. The number of amidine groups is 1. The number of ether oxygens (including phenoxy) is 1. The molecule has 0 amide bonds. The zero-order valence-electron chi connectivity index (χ0n) is 14.3. The van der Waals surface area contributed by atoms with Crippen LogP contribution in [0.15, 0.2) is 56.7 Å². The Balaban J connectivity index is 1.62. The van der Waals surface area contributed by atoms with Gasteiger partial charge in [0.15, 0.2) is 5.17 Å². The molecule has 134 valence electrons. The molecule has 1 aliphatic rings. The minimum atomic E-state index is -0.349. The van der Waals surface area contributed by atoms with Crippen molar-refractivity contribution in [2.24, 2.45) is 10.7 Å². The van der Waals surface area contributed by atoms with Crippen LogP contribution in [0.5, 0.6) is 0 Å². The van der Waals surface area contributed by atoms with Gasteiger partial charge in [0.1, 0.15) is 5.58 Å². The highest BCUT2D eigenvalue weighted by Gasteiger charge is 2.15. The average molecular weight is 368 g/mol. The van der Waals surface area contributed by atoms with Crippen LogP contribution in [-0.4, -0.2) is 24.4 Å². The predicted molar refractivity (Wildman–Crippen MR) is 107 cm³/mol. The topological polar surface area (TPSA) is 77.8 Å². The number of nitrogens with zero attached hydrogens (tertiary/aromatic N) is 1. The Bertz CT molecular complexity index is 1020. The standard InChI is InChI=1S/C20H20N2O3S/c21-20(22-11-15-5-3-9-24-15)26-12-14-10-18(23)25-17-8-7-13-4-1-2-6-16(13)19(14)17/h1-2,4,6-8,10,15H,3,5,9,11-12H2,(H2,21,22)/t15-/m1/s1. The first kappa shape index (κ1) is 17.1. The first-order chi connectivity index (χ1) is 12.7. The fourth-order valence-electron chi connectivity index (χ4n) is 3.31. The van der Waals surface area contributed by atoms with Crippen LogP contribution in [-0.2, 0) is 10.5 Å². The van der Waals surface area contributed by atoms with Crippen molar-refractivity contribution in [3.05, 3.63) is 58.4 Å². The Morgan fingerprint density at radius 1 is 1.27 bits per heavy atom. The van der Waals surface area contributed by atoms with E-state index < -0.39 is 0 Å². The highest BCUT2D eigenvalue weighted by Crippen LogP contribution is 2.29. The Morgan fingerprint density at radius 3 is 3.00 bits per heavy atom. The Kier molecular flexibility index (Phi) is 4.95. The van der Waals surface area contributed by atoms with Crippen molar-refractivity contribution < 1.29 is 9.15 Å². The van der Waals surface area contributed by atoms with Crippen LogP contribution in [0, 0.1) is 0 Å². The van der Waals surface area contributed by atoms with Crippen molar-refractivity contribution in [1.29, 1.82) is 0 Å². The van der Waals surface area contributed by atoms with Gasteiger partial charge in [-0.05, 0) is 35.2 Å². The molecule has 5 nitrogen and oxygen atoms in total. The van der Waals surface area contributed by atoms with Crippen LogP contribution in [0.1, 0.15) is 18.4 Å². The van der Waals surface area contributed by atoms with Crippen LogP contribution in [0.25, 0.3) is 21.7 Å². The molecule has 2 heterocycles. The van der Waals surface area contributed by atoms with Crippen LogP contribution >= 0.6 is 11.8 Å². The number of thioether (sulfide) groups is 1. The number of rotatable bonds is 4. The highest BCUT2D eigenvalue weighted by molar-refractivity contribution is 8.13. The fourth-order valence-corrected chi connectivity index (χ4v) is 4.01. The largest absolute Gasteiger partial charge is 0.423 e. The van der Waals surface area contributed by atoms with Crippen molar-refractivity contribution >= 4 is 38.7 Å². The lowest BCUT2D eigenvalue weighted by Gasteiger charge is -2.09. The fraction of sp³-hybridized carbons (Fsp3) is 0.300. The third-order valence-corrected chi connectivity index (χ3v) is 5.45. The first-order valence-corrected chi connectivity index (χ1v) is 9.68. The lowest BCUT2D eigenvalue weighted by atomic mass is 10.0. The van der Waals surface area contributed by atoms with Crippen LogP contribution in [0.3, 0.4) is 0 Å². The maximum Gasteiger partial charge on any atom is 0.336 e. The summed E-state index contributed by atoms with van der Waals surface area (Å²) in [4.78, 5) is 16.3. The monoisotopic (exact) mass is 368 g/mol. The van der Waals surface area contributed by atoms with Gasteiger partial charge in [-0.2, -0.15) is 0 Å². The lowest BCUT2D eigenvalue weighted by molar-refractivity contribution is 0.118. The Morgan fingerprint density at radius 2 is 2.15 bits per heavy atom. The van der Waals surface area contributed by atoms with E-state index in [0.717, 1.165) is 41.2 Å². The minimum Gasteiger partial charge on any atom is -0.423 e. The summed E-state index contributed by atoms with van der Waals surface area (Å²) in [5.41, 5.74) is 7.21. The van der Waals surface area contributed by atoms with Crippen molar-refractivity contribution in [3.8, 4) is 0 Å². The second-order valence-electron chi connectivity index (χ2n) is 6.35. The lowest BCUT2D eigenvalue weighted by Crippen LogP contribution is -2.14. The number of fused-ring (bicyclic) bond motifs is 3. The summed E-state index contributed by atoms with van der Waals surface area (Å²) in [6, 6.07) is 13.4. The van der Waals surface area contributed by atoms with Gasteiger partial charge in [-0.3, -0.25) is 4.99 Å². The smallest absolute Gasteiger partial charge is 0.336 e. The molecule has 1 aliphatic heterocycles. The molecule has 2 N–H and O–H groups in total. The number of aliphatic imine (C=N–C) groups is 1. The van der Waals surface area contributed by atoms with Gasteiger partial charge in [0.2, 0.25) is 0 Å². The summed E-state index contributed by atoms with van der Waals surface area (Å²) in [6.45, 7) is 1.41. The zero-order chi connectivity index (χ0) is 17.9. The van der Waals surface area contributed by atoms with Gasteiger partial charge in [0.25, 0.3) is 0 Å². The molecule has 0 spiro atoms. The van der Waals surface area contributed by atoms with Gasteiger partial charge in [-0.1, -0.05) is 42.1 Å². The van der Waals surface area contributed by atoms with E-state index in [1.807, 2.05) is 36.4 Å². The number of benzene rings is 2. The second-order valence-corrected chi connectivity index (χ2v) is 7.35. The molecule has 4 rings (SSSR count). The quantitative estimate of drug-likeness (QED) is 0.329. The number of hydrogen-bond acceptors (Lipinski definition) is 5. The van der Waals surface area contributed by atoms with E-state index in [0.29, 0.717) is 23.0 Å². The van der Waals surface area contributed by atoms with Crippen molar-refractivity contribution in [2.45, 2.75) is 24.7 Å². The SMILES string of the molecule is NC(=NC[C@H]1CCCO1)SCc1cc(=O)oc2ccc3ccccc3c12. The molecule has 6 heteroatoms. The first-order valence-electron chi connectivity index (χ1n) is 8.69. The predicted octanol–water partition coefficient (Wildman–Crippen LogP) is 3.67. The van der Waals surface area contributed by atoms with E-state index in [1.54, 1.807) is 6.07 Å². The molecule has 0 bridgehead atoms. The average Bonchev–Trinajstić information content (AvgIpc) is 3.17. The van der Waals surface area contributed by atoms with Crippen molar-refractivity contribution in [1.82, 2.24) is 0 Å². The molecule has 0 aliphatic carbocycles. The maximum absolute atomic E-state index is 11.9. The van der Waals surface area contributed by atoms with Gasteiger partial charge >= 0.3 is 5.63 Å².